The van der Waals surface area contributed by atoms with E-state index in [1.54, 1.807) is 0 Å². The molecule has 40 heavy (non-hydrogen) atoms. The van der Waals surface area contributed by atoms with Crippen molar-refractivity contribution in [1.29, 1.82) is 0 Å². The number of aromatic amines is 2. The summed E-state index contributed by atoms with van der Waals surface area (Å²) < 4.78 is 28.3. The summed E-state index contributed by atoms with van der Waals surface area (Å²) in [6.07, 6.45) is -3.58. The Kier molecular flexibility index (Phi) is 9.92. The third-order valence-electron chi connectivity index (χ3n) is 6.31. The summed E-state index contributed by atoms with van der Waals surface area (Å²) in [7, 11) is 2.85. The van der Waals surface area contributed by atoms with Crippen molar-refractivity contribution < 1.29 is 33.9 Å². The van der Waals surface area contributed by atoms with Crippen LogP contribution in [0.15, 0.2) is 0 Å². The predicted molar refractivity (Wildman–Crippen MR) is 150 cm³/mol. The van der Waals surface area contributed by atoms with Crippen molar-refractivity contribution in [2.75, 3.05) is 73.4 Å². The van der Waals surface area contributed by atoms with Gasteiger partial charge in [0.05, 0.1) is 32.1 Å². The van der Waals surface area contributed by atoms with E-state index in [-0.39, 0.29) is 48.4 Å². The van der Waals surface area contributed by atoms with E-state index >= 15 is 0 Å². The number of nitrogen functional groups attached to an aromatic ring is 3. The number of nitrogens with two attached hydrogens (primary N) is 3. The monoisotopic (exact) mass is 602 g/mol. The number of hydrogen-bond acceptors (Lipinski definition) is 17. The zero-order chi connectivity index (χ0) is 29.0. The molecule has 1 fully saturated rings. The molecule has 0 spiro atoms. The molecule has 0 bridgehead atoms. The third-order valence-corrected chi connectivity index (χ3v) is 6.92. The summed E-state index contributed by atoms with van der Waals surface area (Å²) in [5.41, 5.74) is 18.3. The fourth-order valence-electron chi connectivity index (χ4n) is 4.24. The highest BCUT2D eigenvalue weighted by Gasteiger charge is 2.35. The van der Waals surface area contributed by atoms with Gasteiger partial charge in [0.1, 0.15) is 41.4 Å². The standard InChI is InChI=1S/C21H34N10O7S2/c1-34-10(9(33)4-31-7-25-14-16(31)28-20(24)30-18(14)40)5-36-21(35-2)37-6-11-8(32)3-12(38-11)26-15-13(22)17(39)29-19(23)27-15/h8-12,21,25,32-33H,3-7,22H2,1-2H3,(H3,24,28,30,40)(H4,23,26,27,29,39)/t8-,9?,10?,11?,12?,21?/m1/s1. The van der Waals surface area contributed by atoms with Crippen LogP contribution in [0.3, 0.4) is 0 Å². The van der Waals surface area contributed by atoms with Gasteiger partial charge in [0.15, 0.2) is 21.2 Å². The van der Waals surface area contributed by atoms with Gasteiger partial charge in [-0.3, -0.25) is 0 Å². The average Bonchev–Trinajstić information content (AvgIpc) is 3.46. The van der Waals surface area contributed by atoms with Gasteiger partial charge in [-0.15, -0.1) is 0 Å². The van der Waals surface area contributed by atoms with Gasteiger partial charge in [-0.2, -0.15) is 0 Å². The van der Waals surface area contributed by atoms with Crippen LogP contribution >= 0.6 is 24.4 Å². The largest absolute Gasteiger partial charge is 0.393 e. The molecule has 2 aliphatic rings. The van der Waals surface area contributed by atoms with Crippen molar-refractivity contribution in [3.8, 4) is 0 Å². The van der Waals surface area contributed by atoms with Crippen LogP contribution in [0.4, 0.5) is 34.9 Å². The van der Waals surface area contributed by atoms with Crippen LogP contribution in [0, 0.1) is 9.28 Å². The second kappa shape index (κ2) is 13.2. The summed E-state index contributed by atoms with van der Waals surface area (Å²) in [5.74, 6) is 1.24. The Labute approximate surface area is 239 Å². The zero-order valence-electron chi connectivity index (χ0n) is 21.8. The lowest BCUT2D eigenvalue weighted by molar-refractivity contribution is -0.294. The second-order valence-corrected chi connectivity index (χ2v) is 9.84. The molecule has 0 saturated carbocycles. The number of fused-ring (bicyclic) bond motifs is 1. The van der Waals surface area contributed by atoms with Crippen molar-refractivity contribution >= 4 is 59.3 Å². The first-order valence-electron chi connectivity index (χ1n) is 12.2. The zero-order valence-corrected chi connectivity index (χ0v) is 23.5. The highest BCUT2D eigenvalue weighted by atomic mass is 32.1. The van der Waals surface area contributed by atoms with Crippen LogP contribution in [0.2, 0.25) is 0 Å². The summed E-state index contributed by atoms with van der Waals surface area (Å²) in [4.78, 5) is 15.5. The van der Waals surface area contributed by atoms with E-state index in [9.17, 15) is 10.2 Å². The third kappa shape index (κ3) is 7.06. The predicted octanol–water partition coefficient (Wildman–Crippen LogP) is -0.545. The van der Waals surface area contributed by atoms with Gasteiger partial charge < -0.3 is 76.6 Å². The number of anilines is 6. The van der Waals surface area contributed by atoms with Crippen LogP contribution in [0.5, 0.6) is 0 Å². The van der Waals surface area contributed by atoms with Gasteiger partial charge >= 0.3 is 0 Å². The van der Waals surface area contributed by atoms with Crippen molar-refractivity contribution in [2.24, 2.45) is 0 Å². The van der Waals surface area contributed by atoms with Gasteiger partial charge in [0.25, 0.3) is 6.48 Å². The van der Waals surface area contributed by atoms with E-state index in [1.165, 1.54) is 14.2 Å². The number of aromatic nitrogens is 4. The highest BCUT2D eigenvalue weighted by molar-refractivity contribution is 7.71. The second-order valence-electron chi connectivity index (χ2n) is 9.07. The number of methoxy groups -OCH3 is 2. The molecule has 2 aliphatic heterocycles. The Morgan fingerprint density at radius 3 is 2.58 bits per heavy atom. The molecule has 4 rings (SSSR count). The molecule has 0 aromatic carbocycles. The minimum Gasteiger partial charge on any atom is -0.393 e. The Hall–Kier alpha value is -2.88. The summed E-state index contributed by atoms with van der Waals surface area (Å²) in [5, 5.41) is 27.4. The summed E-state index contributed by atoms with van der Waals surface area (Å²) in [6.45, 7) is -0.641. The van der Waals surface area contributed by atoms with Crippen LogP contribution in [0.25, 0.3) is 0 Å². The molecule has 6 atom stereocenters. The van der Waals surface area contributed by atoms with Crippen LogP contribution in [0.1, 0.15) is 6.42 Å². The Balaban J connectivity index is 1.25. The van der Waals surface area contributed by atoms with E-state index in [2.05, 4.69) is 30.6 Å². The van der Waals surface area contributed by atoms with Gasteiger partial charge in [0.2, 0.25) is 0 Å². The number of hydrogen-bond donors (Lipinski definition) is 9. The first-order chi connectivity index (χ1) is 19.1. The minimum atomic E-state index is -1.12. The van der Waals surface area contributed by atoms with Crippen LogP contribution in [-0.4, -0.2) is 108 Å². The lowest BCUT2D eigenvalue weighted by atomic mass is 10.2. The Bertz CT molecular complexity index is 1280. The van der Waals surface area contributed by atoms with Crippen molar-refractivity contribution in [1.82, 2.24) is 19.9 Å². The van der Waals surface area contributed by atoms with E-state index in [0.29, 0.717) is 28.6 Å². The Morgan fingerprint density at radius 2 is 1.85 bits per heavy atom. The topological polar surface area (TPSA) is 249 Å². The maximum Gasteiger partial charge on any atom is 0.271 e. The van der Waals surface area contributed by atoms with Crippen molar-refractivity contribution in [3.63, 3.8) is 0 Å². The first kappa shape index (κ1) is 30.1. The number of aliphatic hydroxyl groups is 2. The number of nitrogens with one attached hydrogen (secondary N) is 4. The molecule has 12 N–H and O–H groups in total. The van der Waals surface area contributed by atoms with Crippen molar-refractivity contribution in [2.45, 2.75) is 43.5 Å². The smallest absolute Gasteiger partial charge is 0.271 e. The van der Waals surface area contributed by atoms with Gasteiger partial charge in [-0.05, 0) is 0 Å². The molecule has 0 aliphatic carbocycles. The molecule has 2 aromatic heterocycles. The van der Waals surface area contributed by atoms with Crippen molar-refractivity contribution in [3.05, 3.63) is 9.28 Å². The van der Waals surface area contributed by atoms with Gasteiger partial charge in [-0.25, -0.2) is 9.97 Å². The normalized spacial score (nSPS) is 22.5. The number of β-amino-alcohol motifs (C(OH)–C–C–N with tert-alkyl or cyclic N) is 1. The lowest BCUT2D eigenvalue weighted by Crippen LogP contribution is -2.43. The lowest BCUT2D eigenvalue weighted by Gasteiger charge is -2.28. The molecule has 5 unspecified atom stereocenters. The van der Waals surface area contributed by atoms with Crippen LogP contribution in [-0.2, 0) is 23.7 Å². The molecule has 2 aromatic rings. The van der Waals surface area contributed by atoms with Gasteiger partial charge in [-0.1, -0.05) is 24.4 Å². The van der Waals surface area contributed by atoms with E-state index in [0.717, 1.165) is 0 Å². The maximum atomic E-state index is 10.8. The number of nitrogens with zero attached hydrogens (tertiary/aromatic N) is 3. The molecule has 0 radical (unpaired) electrons. The fraction of sp³-hybridized carbons (Fsp3) is 0.619. The highest BCUT2D eigenvalue weighted by Crippen LogP contribution is 2.30. The maximum absolute atomic E-state index is 10.8. The molecule has 1 saturated heterocycles. The molecular weight excluding hydrogens is 568 g/mol. The van der Waals surface area contributed by atoms with Crippen LogP contribution < -0.4 is 32.7 Å². The molecule has 19 heteroatoms. The molecule has 0 amide bonds. The molecular formula is C21H34N10O7S2. The number of rotatable bonds is 13. The van der Waals surface area contributed by atoms with E-state index in [1.807, 2.05) is 4.90 Å². The van der Waals surface area contributed by atoms with E-state index < -0.39 is 37.1 Å². The van der Waals surface area contributed by atoms with Gasteiger partial charge in [0, 0.05) is 27.2 Å². The first-order valence-corrected chi connectivity index (χ1v) is 13.0. The SMILES string of the molecule is COC(OCC(OC)C(O)CN1CNc2c1[nH]c(N)nc2=S)OCC1OC(Nc2[nH]c(N)nc(=S)c2N)C[C@H]1O. The minimum absolute atomic E-state index is 0.0487. The fourth-order valence-corrected chi connectivity index (χ4v) is 4.71. The van der Waals surface area contributed by atoms with E-state index in [4.69, 9.17) is 65.3 Å². The summed E-state index contributed by atoms with van der Waals surface area (Å²) >= 11 is 10.3. The average molecular weight is 603 g/mol. The molecule has 222 valence electrons. The Morgan fingerprint density at radius 1 is 1.12 bits per heavy atom. The molecule has 4 heterocycles. The molecule has 17 nitrogen and oxygen atoms in total. The number of ether oxygens (including phenoxy) is 5. The summed E-state index contributed by atoms with van der Waals surface area (Å²) in [6, 6.07) is 0. The quantitative estimate of drug-likeness (QED) is 0.103. The number of H-pyrrole nitrogens is 2. The number of aliphatic hydroxyl groups excluding tert-OH is 2.